The highest BCUT2D eigenvalue weighted by Crippen LogP contribution is 2.71. The van der Waals surface area contributed by atoms with E-state index in [0.29, 0.717) is 37.7 Å². The fourth-order valence-electron chi connectivity index (χ4n) is 8.68. The second-order valence-corrected chi connectivity index (χ2v) is 13.2. The van der Waals surface area contributed by atoms with Gasteiger partial charge in [-0.1, -0.05) is 38.8 Å². The summed E-state index contributed by atoms with van der Waals surface area (Å²) in [4.78, 5) is 66.1. The van der Waals surface area contributed by atoms with Gasteiger partial charge in [-0.25, -0.2) is 9.18 Å². The van der Waals surface area contributed by atoms with Crippen LogP contribution < -0.4 is 0 Å². The molecule has 13 nitrogen and oxygen atoms in total. The van der Waals surface area contributed by atoms with Crippen LogP contribution >= 0.6 is 0 Å². The number of ketones is 2. The monoisotopic (exact) mass is 653 g/mol. The van der Waals surface area contributed by atoms with Crippen molar-refractivity contribution >= 4 is 23.7 Å². The van der Waals surface area contributed by atoms with E-state index in [0.717, 1.165) is 0 Å². The molecule has 3 fully saturated rings. The topological polar surface area (TPSA) is 178 Å². The Labute approximate surface area is 266 Å². The van der Waals surface area contributed by atoms with E-state index in [1.54, 1.807) is 26.8 Å². The molecule has 0 radical (unpaired) electrons. The van der Waals surface area contributed by atoms with E-state index in [1.807, 2.05) is 6.92 Å². The number of carbonyl (C=O) groups excluding carboxylic acids is 4. The highest BCUT2D eigenvalue weighted by Gasteiger charge is 2.77. The summed E-state index contributed by atoms with van der Waals surface area (Å²) < 4.78 is 38.9. The lowest BCUT2D eigenvalue weighted by Gasteiger charge is -2.62. The summed E-state index contributed by atoms with van der Waals surface area (Å²) in [6, 6.07) is 0. The summed E-state index contributed by atoms with van der Waals surface area (Å²) in [5.74, 6) is -3.31. The zero-order valence-electron chi connectivity index (χ0n) is 26.8. The number of aliphatic hydroxyl groups excluding tert-OH is 1. The number of ether oxygens (including phenoxy) is 4. The Kier molecular flexibility index (Phi) is 10.6. The SMILES string of the molecule is CCCCC(=O)O[C@]1(C(=O)COC(=O)OCCOCCO[N+](=O)[O-])[C@@H](C)C[C@H]2C3CCC4=CC(=O)C=C[C@]4(C)[C@@]3(F)[C@@H](O)C[C@@]21C. The summed E-state index contributed by atoms with van der Waals surface area (Å²) in [5, 5.41) is 20.9. The van der Waals surface area contributed by atoms with Crippen molar-refractivity contribution in [1.82, 2.24) is 0 Å². The highest BCUT2D eigenvalue weighted by molar-refractivity contribution is 6.01. The molecule has 4 rings (SSSR count). The van der Waals surface area contributed by atoms with E-state index >= 15 is 4.39 Å². The molecule has 256 valence electrons. The number of halogens is 1. The molecule has 8 atom stereocenters. The van der Waals surface area contributed by atoms with Crippen molar-refractivity contribution in [2.24, 2.45) is 28.6 Å². The lowest BCUT2D eigenvalue weighted by molar-refractivity contribution is -0.758. The Morgan fingerprint density at radius 1 is 1.13 bits per heavy atom. The molecule has 46 heavy (non-hydrogen) atoms. The highest BCUT2D eigenvalue weighted by atomic mass is 19.1. The average molecular weight is 654 g/mol. The van der Waals surface area contributed by atoms with Crippen LogP contribution in [-0.2, 0) is 38.2 Å². The van der Waals surface area contributed by atoms with Gasteiger partial charge in [-0.2, -0.15) is 0 Å². The lowest BCUT2D eigenvalue weighted by atomic mass is 9.44. The van der Waals surface area contributed by atoms with Gasteiger partial charge in [0, 0.05) is 29.1 Å². The van der Waals surface area contributed by atoms with Crippen molar-refractivity contribution in [3.05, 3.63) is 33.9 Å². The average Bonchev–Trinajstić information content (AvgIpc) is 3.21. The first-order valence-corrected chi connectivity index (χ1v) is 15.9. The van der Waals surface area contributed by atoms with Crippen LogP contribution in [0.5, 0.6) is 0 Å². The fourth-order valence-corrected chi connectivity index (χ4v) is 8.68. The number of nitrogens with zero attached hydrogens (tertiary/aromatic N) is 1. The van der Waals surface area contributed by atoms with Crippen molar-refractivity contribution in [2.45, 2.75) is 90.0 Å². The van der Waals surface area contributed by atoms with Gasteiger partial charge in [0.1, 0.15) is 13.2 Å². The molecule has 0 aromatic rings. The number of alkyl halides is 1. The minimum absolute atomic E-state index is 0.0542. The Morgan fingerprint density at radius 2 is 1.85 bits per heavy atom. The molecule has 1 unspecified atom stereocenters. The van der Waals surface area contributed by atoms with Crippen LogP contribution in [0, 0.1) is 38.7 Å². The Bertz CT molecular complexity index is 1290. The fraction of sp³-hybridized carbons (Fsp3) is 0.750. The number of carbonyl (C=O) groups is 4. The number of aliphatic hydroxyl groups is 1. The number of fused-ring (bicyclic) bond motifs is 5. The molecule has 3 saturated carbocycles. The molecule has 0 bridgehead atoms. The van der Waals surface area contributed by atoms with Gasteiger partial charge in [0.05, 0.1) is 19.3 Å². The van der Waals surface area contributed by atoms with Crippen molar-refractivity contribution in [1.29, 1.82) is 0 Å². The van der Waals surface area contributed by atoms with Crippen molar-refractivity contribution in [3.63, 3.8) is 0 Å². The second-order valence-electron chi connectivity index (χ2n) is 13.2. The number of unbranched alkanes of at least 4 members (excludes halogenated alkanes) is 1. The predicted octanol–water partition coefficient (Wildman–Crippen LogP) is 4.02. The molecule has 0 amide bonds. The maximum atomic E-state index is 17.6. The third-order valence-corrected chi connectivity index (χ3v) is 10.8. The van der Waals surface area contributed by atoms with Gasteiger partial charge in [-0.05, 0) is 57.1 Å². The summed E-state index contributed by atoms with van der Waals surface area (Å²) in [6.45, 7) is 5.55. The molecule has 14 heteroatoms. The van der Waals surface area contributed by atoms with Crippen molar-refractivity contribution < 1.29 is 57.5 Å². The first kappa shape index (κ1) is 35.5. The van der Waals surface area contributed by atoms with Crippen LogP contribution in [0.4, 0.5) is 9.18 Å². The first-order valence-electron chi connectivity index (χ1n) is 15.9. The van der Waals surface area contributed by atoms with E-state index in [2.05, 4.69) is 4.84 Å². The van der Waals surface area contributed by atoms with E-state index in [4.69, 9.17) is 18.9 Å². The molecule has 1 N–H and O–H groups in total. The smallest absolute Gasteiger partial charge is 0.450 e. The Balaban J connectivity index is 1.55. The number of esters is 1. The summed E-state index contributed by atoms with van der Waals surface area (Å²) >= 11 is 0. The number of Topliss-reactive ketones (excluding diaryl/α,β-unsaturated/α-hetero) is 1. The van der Waals surface area contributed by atoms with E-state index in [1.165, 1.54) is 12.2 Å². The third-order valence-electron chi connectivity index (χ3n) is 10.8. The Morgan fingerprint density at radius 3 is 2.54 bits per heavy atom. The molecule has 4 aliphatic rings. The number of allylic oxidation sites excluding steroid dienone is 4. The molecule has 0 heterocycles. The standard InChI is InChI=1S/C32H44FNO12/c1-5-6-7-27(38)46-32(26(37)19-44-28(39)43-14-12-42-13-15-45-34(40)41)20(2)16-24-23-9-8-21-17-22(35)10-11-29(21,3)31(23,33)25(36)18-30(24,32)4/h10-11,17,20,23-25,36H,5-9,12-16,18-19H2,1-4H3/t20-,23?,24-,25-,29-,30-,31-,32-/m0/s1. The van der Waals surface area contributed by atoms with Gasteiger partial charge >= 0.3 is 12.1 Å². The van der Waals surface area contributed by atoms with Crippen LogP contribution in [0.3, 0.4) is 0 Å². The molecule has 0 spiro atoms. The minimum atomic E-state index is -2.14. The lowest BCUT2D eigenvalue weighted by Crippen LogP contribution is -2.70. The van der Waals surface area contributed by atoms with E-state index in [9.17, 15) is 34.4 Å². The summed E-state index contributed by atoms with van der Waals surface area (Å²) in [6.07, 6.45) is 3.79. The molecular formula is C32H44FNO12. The predicted molar refractivity (Wildman–Crippen MR) is 157 cm³/mol. The second kappa shape index (κ2) is 13.8. The Hall–Kier alpha value is -3.39. The van der Waals surface area contributed by atoms with Gasteiger partial charge in [0.2, 0.25) is 5.78 Å². The third kappa shape index (κ3) is 6.05. The molecule has 0 aliphatic heterocycles. The van der Waals surface area contributed by atoms with E-state index in [-0.39, 0.29) is 45.1 Å². The first-order chi connectivity index (χ1) is 21.7. The van der Waals surface area contributed by atoms with Crippen LogP contribution in [0.1, 0.15) is 72.6 Å². The van der Waals surface area contributed by atoms with Gasteiger partial charge in [0.25, 0.3) is 5.09 Å². The van der Waals surface area contributed by atoms with Crippen LogP contribution in [-0.4, -0.2) is 84.3 Å². The van der Waals surface area contributed by atoms with Crippen LogP contribution in [0.2, 0.25) is 0 Å². The molecule has 4 aliphatic carbocycles. The van der Waals surface area contributed by atoms with Gasteiger partial charge in [0.15, 0.2) is 23.7 Å². The number of rotatable bonds is 14. The number of hydrogen-bond donors (Lipinski definition) is 1. The zero-order valence-corrected chi connectivity index (χ0v) is 26.8. The molecule has 0 aromatic heterocycles. The summed E-state index contributed by atoms with van der Waals surface area (Å²) in [7, 11) is 0. The largest absolute Gasteiger partial charge is 0.508 e. The number of hydrogen-bond acceptors (Lipinski definition) is 12. The van der Waals surface area contributed by atoms with Crippen LogP contribution in [0.15, 0.2) is 23.8 Å². The van der Waals surface area contributed by atoms with Crippen molar-refractivity contribution in [2.75, 3.05) is 33.0 Å². The van der Waals surface area contributed by atoms with Gasteiger partial charge in [-0.3, -0.25) is 14.4 Å². The maximum Gasteiger partial charge on any atom is 0.508 e. The van der Waals surface area contributed by atoms with E-state index < -0.39 is 75.6 Å². The van der Waals surface area contributed by atoms with Gasteiger partial charge < -0.3 is 28.9 Å². The molecule has 0 aromatic carbocycles. The van der Waals surface area contributed by atoms with Crippen molar-refractivity contribution in [3.8, 4) is 0 Å². The maximum absolute atomic E-state index is 17.6. The molecule has 0 saturated heterocycles. The molecular weight excluding hydrogens is 609 g/mol. The van der Waals surface area contributed by atoms with Gasteiger partial charge in [-0.15, -0.1) is 10.1 Å². The zero-order chi connectivity index (χ0) is 33.9. The van der Waals surface area contributed by atoms with Crippen LogP contribution in [0.25, 0.3) is 0 Å². The summed E-state index contributed by atoms with van der Waals surface area (Å²) in [5.41, 5.74) is -5.76. The quantitative estimate of drug-likeness (QED) is 0.123. The minimum Gasteiger partial charge on any atom is -0.450 e. The normalized spacial score (nSPS) is 36.0.